The molecule has 0 aromatic heterocycles. The summed E-state index contributed by atoms with van der Waals surface area (Å²) in [6, 6.07) is 11.3. The van der Waals surface area contributed by atoms with Gasteiger partial charge in [0, 0.05) is 23.7 Å². The fraction of sp³-hybridized carbons (Fsp3) is 0.316. The molecule has 1 fully saturated rings. The van der Waals surface area contributed by atoms with E-state index in [2.05, 4.69) is 0 Å². The summed E-state index contributed by atoms with van der Waals surface area (Å²) in [5.74, 6) is 1.23. The third-order valence-electron chi connectivity index (χ3n) is 4.64. The summed E-state index contributed by atoms with van der Waals surface area (Å²) >= 11 is 0. The van der Waals surface area contributed by atoms with Crippen molar-refractivity contribution in [1.82, 2.24) is 4.31 Å². The Bertz CT molecular complexity index is 910. The normalized spacial score (nSPS) is 17.8. The topological polar surface area (TPSA) is 72.9 Å². The Morgan fingerprint density at radius 2 is 1.88 bits per heavy atom. The van der Waals surface area contributed by atoms with Gasteiger partial charge in [-0.25, -0.2) is 8.42 Å². The molecule has 7 heteroatoms. The highest BCUT2D eigenvalue weighted by molar-refractivity contribution is 7.89. The molecule has 1 saturated heterocycles. The van der Waals surface area contributed by atoms with E-state index in [0.29, 0.717) is 30.8 Å². The van der Waals surface area contributed by atoms with E-state index in [0.717, 1.165) is 12.0 Å². The van der Waals surface area contributed by atoms with Crippen LogP contribution in [0.15, 0.2) is 47.4 Å². The molecule has 0 bridgehead atoms. The zero-order chi connectivity index (χ0) is 18.7. The van der Waals surface area contributed by atoms with Crippen LogP contribution in [-0.4, -0.2) is 39.8 Å². The second kappa shape index (κ2) is 7.47. The summed E-state index contributed by atoms with van der Waals surface area (Å²) in [6.45, 7) is 0.398. The van der Waals surface area contributed by atoms with Gasteiger partial charge in [-0.05, 0) is 25.0 Å². The number of ether oxygens (including phenoxy) is 2. The number of sulfonamides is 1. The van der Waals surface area contributed by atoms with E-state index in [1.165, 1.54) is 16.4 Å². The molecule has 2 aromatic carbocycles. The summed E-state index contributed by atoms with van der Waals surface area (Å²) in [5.41, 5.74) is 0.956. The van der Waals surface area contributed by atoms with Gasteiger partial charge in [0.1, 0.15) is 11.5 Å². The number of aldehydes is 1. The lowest BCUT2D eigenvalue weighted by Crippen LogP contribution is -2.31. The number of hydrogen-bond donors (Lipinski definition) is 0. The molecule has 1 aliphatic rings. The highest BCUT2D eigenvalue weighted by Crippen LogP contribution is 2.41. The highest BCUT2D eigenvalue weighted by atomic mass is 32.2. The van der Waals surface area contributed by atoms with Crippen molar-refractivity contribution in [3.05, 3.63) is 53.6 Å². The molecular weight excluding hydrogens is 354 g/mol. The van der Waals surface area contributed by atoms with Crippen LogP contribution >= 0.6 is 0 Å². The second-order valence-corrected chi connectivity index (χ2v) is 7.90. The van der Waals surface area contributed by atoms with Gasteiger partial charge < -0.3 is 9.47 Å². The molecule has 0 amide bonds. The summed E-state index contributed by atoms with van der Waals surface area (Å²) in [4.78, 5) is 11.3. The number of hydrogen-bond acceptors (Lipinski definition) is 5. The van der Waals surface area contributed by atoms with E-state index >= 15 is 0 Å². The molecule has 26 heavy (non-hydrogen) atoms. The molecule has 0 aliphatic carbocycles. The summed E-state index contributed by atoms with van der Waals surface area (Å²) in [6.07, 6.45) is 2.00. The van der Waals surface area contributed by atoms with Crippen molar-refractivity contribution in [3.8, 4) is 11.5 Å². The quantitative estimate of drug-likeness (QED) is 0.726. The number of carbonyl (C=O) groups is 1. The lowest BCUT2D eigenvalue weighted by molar-refractivity contribution is 0.112. The van der Waals surface area contributed by atoms with E-state index in [9.17, 15) is 13.2 Å². The monoisotopic (exact) mass is 375 g/mol. The van der Waals surface area contributed by atoms with Crippen LogP contribution in [0.3, 0.4) is 0 Å². The van der Waals surface area contributed by atoms with Gasteiger partial charge in [0.25, 0.3) is 0 Å². The van der Waals surface area contributed by atoms with Crippen LogP contribution < -0.4 is 9.47 Å². The van der Waals surface area contributed by atoms with E-state index in [4.69, 9.17) is 9.47 Å². The number of benzene rings is 2. The maximum Gasteiger partial charge on any atom is 0.244 e. The van der Waals surface area contributed by atoms with Gasteiger partial charge in [0.2, 0.25) is 10.0 Å². The average Bonchev–Trinajstić information content (AvgIpc) is 3.17. The van der Waals surface area contributed by atoms with Crippen molar-refractivity contribution in [1.29, 1.82) is 0 Å². The van der Waals surface area contributed by atoms with E-state index in [-0.39, 0.29) is 16.5 Å². The predicted molar refractivity (Wildman–Crippen MR) is 97.2 cm³/mol. The Kier molecular flexibility index (Phi) is 5.29. The molecular formula is C19H21NO5S. The van der Waals surface area contributed by atoms with Crippen molar-refractivity contribution < 1.29 is 22.7 Å². The molecule has 1 aliphatic heterocycles. The van der Waals surface area contributed by atoms with Gasteiger partial charge in [-0.1, -0.05) is 24.3 Å². The first-order valence-electron chi connectivity index (χ1n) is 8.31. The molecule has 0 saturated carbocycles. The first kappa shape index (κ1) is 18.4. The minimum absolute atomic E-state index is 0.0365. The molecule has 1 unspecified atom stereocenters. The van der Waals surface area contributed by atoms with Gasteiger partial charge in [0.15, 0.2) is 6.29 Å². The van der Waals surface area contributed by atoms with Crippen LogP contribution in [0.1, 0.15) is 34.8 Å². The van der Waals surface area contributed by atoms with Gasteiger partial charge >= 0.3 is 0 Å². The lowest BCUT2D eigenvalue weighted by atomic mass is 10.0. The van der Waals surface area contributed by atoms with Crippen molar-refractivity contribution >= 4 is 16.3 Å². The third-order valence-corrected chi connectivity index (χ3v) is 6.62. The predicted octanol–water partition coefficient (Wildman–Crippen LogP) is 3.04. The molecule has 138 valence electrons. The fourth-order valence-electron chi connectivity index (χ4n) is 3.37. The second-order valence-electron chi connectivity index (χ2n) is 6.04. The number of nitrogens with zero attached hydrogens (tertiary/aromatic N) is 1. The van der Waals surface area contributed by atoms with Gasteiger partial charge in [-0.2, -0.15) is 4.31 Å². The van der Waals surface area contributed by atoms with Crippen LogP contribution in [0.5, 0.6) is 11.5 Å². The van der Waals surface area contributed by atoms with E-state index in [1.807, 2.05) is 6.07 Å². The molecule has 1 heterocycles. The van der Waals surface area contributed by atoms with Crippen LogP contribution in [0, 0.1) is 0 Å². The maximum absolute atomic E-state index is 13.2. The third kappa shape index (κ3) is 3.20. The largest absolute Gasteiger partial charge is 0.497 e. The first-order chi connectivity index (χ1) is 12.5. The average molecular weight is 375 g/mol. The minimum Gasteiger partial charge on any atom is -0.497 e. The summed E-state index contributed by atoms with van der Waals surface area (Å²) < 4.78 is 38.6. The SMILES string of the molecule is COc1ccc(C2CCCN2S(=O)(=O)c2ccccc2C=O)c(OC)c1. The Hall–Kier alpha value is -2.38. The Balaban J connectivity index is 2.05. The molecule has 3 rings (SSSR count). The van der Waals surface area contributed by atoms with Crippen LogP contribution in [0.25, 0.3) is 0 Å². The molecule has 6 nitrogen and oxygen atoms in total. The van der Waals surface area contributed by atoms with E-state index < -0.39 is 10.0 Å². The Morgan fingerprint density at radius 3 is 2.58 bits per heavy atom. The molecule has 0 radical (unpaired) electrons. The first-order valence-corrected chi connectivity index (χ1v) is 9.75. The van der Waals surface area contributed by atoms with Crippen molar-refractivity contribution in [2.45, 2.75) is 23.8 Å². The van der Waals surface area contributed by atoms with Gasteiger partial charge in [-0.3, -0.25) is 4.79 Å². The van der Waals surface area contributed by atoms with Crippen molar-refractivity contribution in [2.24, 2.45) is 0 Å². The number of carbonyl (C=O) groups excluding carboxylic acids is 1. The lowest BCUT2D eigenvalue weighted by Gasteiger charge is -2.26. The number of methoxy groups -OCH3 is 2. The van der Waals surface area contributed by atoms with Crippen molar-refractivity contribution in [2.75, 3.05) is 20.8 Å². The van der Waals surface area contributed by atoms with Gasteiger partial charge in [0.05, 0.1) is 25.2 Å². The fourth-order valence-corrected chi connectivity index (χ4v) is 5.21. The summed E-state index contributed by atoms with van der Waals surface area (Å²) in [5, 5.41) is 0. The van der Waals surface area contributed by atoms with Crippen LogP contribution in [0.2, 0.25) is 0 Å². The van der Waals surface area contributed by atoms with Gasteiger partial charge in [-0.15, -0.1) is 0 Å². The van der Waals surface area contributed by atoms with Crippen LogP contribution in [-0.2, 0) is 10.0 Å². The van der Waals surface area contributed by atoms with Crippen LogP contribution in [0.4, 0.5) is 0 Å². The molecule has 0 N–H and O–H groups in total. The smallest absolute Gasteiger partial charge is 0.244 e. The minimum atomic E-state index is -3.80. The molecule has 2 aromatic rings. The highest BCUT2D eigenvalue weighted by Gasteiger charge is 2.38. The zero-order valence-electron chi connectivity index (χ0n) is 14.7. The molecule has 0 spiro atoms. The standard InChI is InChI=1S/C19H21NO5S/c1-24-15-9-10-16(18(12-15)25-2)17-7-5-11-20(17)26(22,23)19-8-4-3-6-14(19)13-21/h3-4,6,8-10,12-13,17H,5,7,11H2,1-2H3. The molecule has 1 atom stereocenters. The number of rotatable bonds is 6. The van der Waals surface area contributed by atoms with Crippen molar-refractivity contribution in [3.63, 3.8) is 0 Å². The van der Waals surface area contributed by atoms with E-state index in [1.54, 1.807) is 38.5 Å². The zero-order valence-corrected chi connectivity index (χ0v) is 15.5. The summed E-state index contributed by atoms with van der Waals surface area (Å²) in [7, 11) is -0.688. The Labute approximate surface area is 153 Å². The maximum atomic E-state index is 13.2. The Morgan fingerprint density at radius 1 is 1.12 bits per heavy atom.